The quantitative estimate of drug-likeness (QED) is 0.237. The largest absolute Gasteiger partial charge is 0.456 e. The molecule has 0 radical (unpaired) electrons. The minimum absolute atomic E-state index is 0.909. The van der Waals surface area contributed by atoms with Gasteiger partial charge in [-0.05, 0) is 71.8 Å². The number of fused-ring (bicyclic) bond motifs is 6. The molecule has 0 saturated heterocycles. The summed E-state index contributed by atoms with van der Waals surface area (Å²) in [4.78, 5) is 0. The fourth-order valence-electron chi connectivity index (χ4n) is 4.94. The first kappa shape index (κ1) is 18.7. The van der Waals surface area contributed by atoms with E-state index in [1.165, 1.54) is 33.1 Å². The summed E-state index contributed by atoms with van der Waals surface area (Å²) >= 11 is 3.57. The van der Waals surface area contributed by atoms with E-state index in [0.717, 1.165) is 32.0 Å². The Kier molecular flexibility index (Phi) is 4.02. The van der Waals surface area contributed by atoms with Crippen molar-refractivity contribution < 1.29 is 4.42 Å². The predicted octanol–water partition coefficient (Wildman–Crippen LogP) is 9.11. The maximum Gasteiger partial charge on any atom is 0.136 e. The molecule has 0 amide bonds. The summed E-state index contributed by atoms with van der Waals surface area (Å²) in [6, 6.07) is 38.6. The van der Waals surface area contributed by atoms with Crippen molar-refractivity contribution >= 4 is 59.7 Å². The van der Waals surface area contributed by atoms with Gasteiger partial charge in [-0.15, -0.1) is 0 Å². The third-order valence-electron chi connectivity index (χ3n) is 6.45. The van der Waals surface area contributed by atoms with Crippen LogP contribution in [0.4, 0.5) is 0 Å². The molecular formula is C30H18BrNO. The van der Waals surface area contributed by atoms with Crippen LogP contribution in [0.2, 0.25) is 0 Å². The smallest absolute Gasteiger partial charge is 0.136 e. The number of aromatic nitrogens is 1. The van der Waals surface area contributed by atoms with Gasteiger partial charge in [-0.2, -0.15) is 0 Å². The summed E-state index contributed by atoms with van der Waals surface area (Å²) in [6.07, 6.45) is 0. The van der Waals surface area contributed by atoms with E-state index in [2.05, 4.69) is 118 Å². The Morgan fingerprint density at radius 2 is 1.27 bits per heavy atom. The van der Waals surface area contributed by atoms with E-state index in [1.807, 2.05) is 12.1 Å². The lowest BCUT2D eigenvalue weighted by Gasteiger charge is -2.08. The van der Waals surface area contributed by atoms with Gasteiger partial charge in [-0.3, -0.25) is 0 Å². The van der Waals surface area contributed by atoms with E-state index in [9.17, 15) is 0 Å². The summed E-state index contributed by atoms with van der Waals surface area (Å²) in [5.41, 5.74) is 7.75. The van der Waals surface area contributed by atoms with Crippen LogP contribution in [0.1, 0.15) is 0 Å². The molecule has 0 N–H and O–H groups in total. The zero-order valence-electron chi connectivity index (χ0n) is 17.6. The van der Waals surface area contributed by atoms with Crippen LogP contribution >= 0.6 is 15.9 Å². The third-order valence-corrected chi connectivity index (χ3v) is 6.95. The molecule has 156 valence electrons. The van der Waals surface area contributed by atoms with Crippen molar-refractivity contribution in [2.75, 3.05) is 0 Å². The Bertz CT molecular complexity index is 1830. The van der Waals surface area contributed by atoms with Gasteiger partial charge in [-0.25, -0.2) is 0 Å². The number of nitrogens with zero attached hydrogens (tertiary/aromatic N) is 1. The van der Waals surface area contributed by atoms with E-state index in [-0.39, 0.29) is 0 Å². The first-order valence-electron chi connectivity index (χ1n) is 11.0. The molecule has 3 heteroatoms. The lowest BCUT2D eigenvalue weighted by Crippen LogP contribution is -1.92. The van der Waals surface area contributed by atoms with Gasteiger partial charge in [0.05, 0.1) is 11.0 Å². The second-order valence-electron chi connectivity index (χ2n) is 8.37. The Balaban J connectivity index is 1.45. The summed E-state index contributed by atoms with van der Waals surface area (Å²) in [5.74, 6) is 0. The maximum atomic E-state index is 6.16. The van der Waals surface area contributed by atoms with Gasteiger partial charge in [0.2, 0.25) is 0 Å². The molecule has 2 nitrogen and oxygen atoms in total. The summed E-state index contributed by atoms with van der Waals surface area (Å²) in [7, 11) is 0. The van der Waals surface area contributed by atoms with Crippen LogP contribution in [0.3, 0.4) is 0 Å². The Morgan fingerprint density at radius 1 is 0.515 bits per heavy atom. The van der Waals surface area contributed by atoms with Crippen LogP contribution in [-0.4, -0.2) is 4.57 Å². The zero-order valence-corrected chi connectivity index (χ0v) is 19.2. The molecule has 0 spiro atoms. The number of hydrogen-bond donors (Lipinski definition) is 0. The van der Waals surface area contributed by atoms with Crippen molar-refractivity contribution in [3.8, 4) is 16.8 Å². The van der Waals surface area contributed by atoms with Crippen LogP contribution in [0.15, 0.2) is 118 Å². The van der Waals surface area contributed by atoms with E-state index in [4.69, 9.17) is 4.42 Å². The van der Waals surface area contributed by atoms with Gasteiger partial charge in [0.15, 0.2) is 0 Å². The van der Waals surface area contributed by atoms with Crippen molar-refractivity contribution in [2.45, 2.75) is 0 Å². The summed E-state index contributed by atoms with van der Waals surface area (Å²) in [6.45, 7) is 0. The minimum Gasteiger partial charge on any atom is -0.456 e. The van der Waals surface area contributed by atoms with Gasteiger partial charge in [0, 0.05) is 31.7 Å². The third kappa shape index (κ3) is 2.86. The zero-order chi connectivity index (χ0) is 21.9. The summed E-state index contributed by atoms with van der Waals surface area (Å²) in [5, 5.41) is 4.78. The second-order valence-corrected chi connectivity index (χ2v) is 9.29. The van der Waals surface area contributed by atoms with E-state index in [1.54, 1.807) is 0 Å². The first-order valence-corrected chi connectivity index (χ1v) is 11.8. The number of rotatable bonds is 2. The minimum atomic E-state index is 0.909. The highest BCUT2D eigenvalue weighted by Crippen LogP contribution is 2.37. The Morgan fingerprint density at radius 3 is 2.18 bits per heavy atom. The molecule has 7 rings (SSSR count). The van der Waals surface area contributed by atoms with Crippen LogP contribution in [-0.2, 0) is 0 Å². The van der Waals surface area contributed by atoms with E-state index in [0.29, 0.717) is 0 Å². The van der Waals surface area contributed by atoms with Crippen molar-refractivity contribution in [1.29, 1.82) is 0 Å². The van der Waals surface area contributed by atoms with Crippen LogP contribution in [0.5, 0.6) is 0 Å². The lowest BCUT2D eigenvalue weighted by atomic mass is 10.0. The topological polar surface area (TPSA) is 18.1 Å². The lowest BCUT2D eigenvalue weighted by molar-refractivity contribution is 0.669. The molecule has 0 aliphatic rings. The molecule has 2 heterocycles. The fourth-order valence-corrected chi connectivity index (χ4v) is 5.30. The van der Waals surface area contributed by atoms with Gasteiger partial charge in [0.25, 0.3) is 0 Å². The number of para-hydroxylation sites is 2. The monoisotopic (exact) mass is 487 g/mol. The number of halogens is 1. The molecule has 33 heavy (non-hydrogen) atoms. The van der Waals surface area contributed by atoms with E-state index < -0.39 is 0 Å². The van der Waals surface area contributed by atoms with Crippen molar-refractivity contribution in [3.05, 3.63) is 114 Å². The van der Waals surface area contributed by atoms with Crippen LogP contribution in [0.25, 0.3) is 60.6 Å². The van der Waals surface area contributed by atoms with Crippen molar-refractivity contribution in [3.63, 3.8) is 0 Å². The standard InChI is InChI=1S/C30H18BrNO/c31-21-12-15-29-26(18-21)24-13-10-20(17-30(24)33-29)19-11-14-28-25(16-19)23-8-4-5-9-27(23)32(28)22-6-2-1-3-7-22/h1-18H. The highest BCUT2D eigenvalue weighted by molar-refractivity contribution is 9.10. The Hall–Kier alpha value is -3.82. The molecule has 0 fully saturated rings. The van der Waals surface area contributed by atoms with Crippen molar-refractivity contribution in [2.24, 2.45) is 0 Å². The van der Waals surface area contributed by atoms with Gasteiger partial charge in [-0.1, -0.05) is 64.5 Å². The highest BCUT2D eigenvalue weighted by Gasteiger charge is 2.14. The van der Waals surface area contributed by atoms with Gasteiger partial charge in [0.1, 0.15) is 11.2 Å². The molecule has 2 aromatic heterocycles. The molecule has 0 bridgehead atoms. The predicted molar refractivity (Wildman–Crippen MR) is 141 cm³/mol. The van der Waals surface area contributed by atoms with Crippen molar-refractivity contribution in [1.82, 2.24) is 4.57 Å². The average molecular weight is 488 g/mol. The average Bonchev–Trinajstić information content (AvgIpc) is 3.39. The molecule has 0 aliphatic heterocycles. The molecule has 0 unspecified atom stereocenters. The molecule has 5 aromatic carbocycles. The van der Waals surface area contributed by atoms with Gasteiger partial charge < -0.3 is 8.98 Å². The van der Waals surface area contributed by atoms with E-state index >= 15 is 0 Å². The number of hydrogen-bond acceptors (Lipinski definition) is 1. The fraction of sp³-hybridized carbons (Fsp3) is 0. The normalized spacial score (nSPS) is 11.8. The Labute approximate surface area is 198 Å². The van der Waals surface area contributed by atoms with Crippen LogP contribution in [0, 0.1) is 0 Å². The first-order chi connectivity index (χ1) is 16.3. The summed E-state index contributed by atoms with van der Waals surface area (Å²) < 4.78 is 9.56. The molecule has 0 aliphatic carbocycles. The highest BCUT2D eigenvalue weighted by atomic mass is 79.9. The maximum absolute atomic E-state index is 6.16. The molecule has 0 saturated carbocycles. The molecule has 7 aromatic rings. The number of furan rings is 1. The molecular weight excluding hydrogens is 470 g/mol. The second kappa shape index (κ2) is 7.09. The molecule has 0 atom stereocenters. The number of benzene rings is 5. The van der Waals surface area contributed by atoms with Gasteiger partial charge >= 0.3 is 0 Å². The SMILES string of the molecule is Brc1ccc2oc3cc(-c4ccc5c(c4)c4ccccc4n5-c4ccccc4)ccc3c2c1. The van der Waals surface area contributed by atoms with Crippen LogP contribution < -0.4 is 0 Å².